The van der Waals surface area contributed by atoms with Crippen molar-refractivity contribution in [2.24, 2.45) is 5.92 Å². The zero-order chi connectivity index (χ0) is 19.7. The Labute approximate surface area is 162 Å². The van der Waals surface area contributed by atoms with Crippen molar-refractivity contribution in [3.8, 4) is 11.5 Å². The number of amides is 2. The monoisotopic (exact) mass is 384 g/mol. The Balaban J connectivity index is 1.57. The minimum absolute atomic E-state index is 0.102. The van der Waals surface area contributed by atoms with Gasteiger partial charge in [0.25, 0.3) is 5.91 Å². The smallest absolute Gasteiger partial charge is 0.254 e. The molecule has 1 unspecified atom stereocenters. The first-order valence-corrected chi connectivity index (χ1v) is 9.29. The highest BCUT2D eigenvalue weighted by Gasteiger charge is 2.34. The molecule has 0 aromatic heterocycles. The minimum atomic E-state index is -0.636. The molecule has 6 nitrogen and oxygen atoms in total. The molecule has 2 aromatic rings. The summed E-state index contributed by atoms with van der Waals surface area (Å²) in [5.41, 5.74) is 1.18. The standard InChI is InChI=1S/C21H21FN2O4/c1-12(25)23-15-5-6-17(22)16(11-15)21(26)24-20(13-2-3-13)14-4-7-18-19(10-14)28-9-8-27-18/h4-7,10-11,13,20H,2-3,8-9H2,1H3,(H,23,25)(H,24,26). The molecule has 146 valence electrons. The molecule has 2 aromatic carbocycles. The minimum Gasteiger partial charge on any atom is -0.486 e. The van der Waals surface area contributed by atoms with E-state index in [4.69, 9.17) is 9.47 Å². The molecular formula is C21H21FN2O4. The first-order chi connectivity index (χ1) is 13.5. The van der Waals surface area contributed by atoms with E-state index in [0.29, 0.717) is 36.3 Å². The molecule has 1 aliphatic carbocycles. The average molecular weight is 384 g/mol. The molecule has 4 rings (SSSR count). The van der Waals surface area contributed by atoms with E-state index in [-0.39, 0.29) is 17.5 Å². The lowest BCUT2D eigenvalue weighted by Gasteiger charge is -2.23. The summed E-state index contributed by atoms with van der Waals surface area (Å²) >= 11 is 0. The number of nitrogens with one attached hydrogen (secondary N) is 2. The highest BCUT2D eigenvalue weighted by atomic mass is 19.1. The highest BCUT2D eigenvalue weighted by Crippen LogP contribution is 2.43. The van der Waals surface area contributed by atoms with Crippen LogP contribution in [0, 0.1) is 11.7 Å². The van der Waals surface area contributed by atoms with E-state index in [1.54, 1.807) is 0 Å². The molecule has 7 heteroatoms. The Kier molecular flexibility index (Phi) is 4.90. The van der Waals surface area contributed by atoms with Crippen LogP contribution in [-0.4, -0.2) is 25.0 Å². The van der Waals surface area contributed by atoms with E-state index in [2.05, 4.69) is 10.6 Å². The maximum Gasteiger partial charge on any atom is 0.254 e. The molecule has 2 N–H and O–H groups in total. The van der Waals surface area contributed by atoms with Crippen LogP contribution in [0.25, 0.3) is 0 Å². The summed E-state index contributed by atoms with van der Waals surface area (Å²) in [6, 6.07) is 9.32. The van der Waals surface area contributed by atoms with Crippen LogP contribution in [0.5, 0.6) is 11.5 Å². The van der Waals surface area contributed by atoms with Crippen LogP contribution in [0.3, 0.4) is 0 Å². The molecule has 0 spiro atoms. The molecule has 0 saturated heterocycles. The second-order valence-electron chi connectivity index (χ2n) is 7.07. The topological polar surface area (TPSA) is 76.7 Å². The van der Waals surface area contributed by atoms with Crippen molar-refractivity contribution in [1.82, 2.24) is 5.32 Å². The number of halogens is 1. The molecule has 0 radical (unpaired) electrons. The maximum atomic E-state index is 14.2. The molecule has 28 heavy (non-hydrogen) atoms. The van der Waals surface area contributed by atoms with Gasteiger partial charge >= 0.3 is 0 Å². The van der Waals surface area contributed by atoms with Crippen molar-refractivity contribution in [2.45, 2.75) is 25.8 Å². The van der Waals surface area contributed by atoms with Crippen LogP contribution in [0.4, 0.5) is 10.1 Å². The molecule has 2 aliphatic rings. The Morgan fingerprint density at radius 3 is 2.54 bits per heavy atom. The van der Waals surface area contributed by atoms with Gasteiger partial charge in [-0.3, -0.25) is 9.59 Å². The van der Waals surface area contributed by atoms with Crippen LogP contribution < -0.4 is 20.1 Å². The fraction of sp³-hybridized carbons (Fsp3) is 0.333. The van der Waals surface area contributed by atoms with E-state index < -0.39 is 11.7 Å². The molecule has 1 fully saturated rings. The number of anilines is 1. The van der Waals surface area contributed by atoms with E-state index in [9.17, 15) is 14.0 Å². The third-order valence-electron chi connectivity index (χ3n) is 4.84. The Morgan fingerprint density at radius 1 is 1.07 bits per heavy atom. The van der Waals surface area contributed by atoms with Crippen LogP contribution in [0.15, 0.2) is 36.4 Å². The van der Waals surface area contributed by atoms with Gasteiger partial charge in [-0.25, -0.2) is 4.39 Å². The number of benzene rings is 2. The molecular weight excluding hydrogens is 363 g/mol. The van der Waals surface area contributed by atoms with Gasteiger partial charge in [-0.05, 0) is 54.7 Å². The lowest BCUT2D eigenvalue weighted by molar-refractivity contribution is -0.114. The second-order valence-corrected chi connectivity index (χ2v) is 7.07. The van der Waals surface area contributed by atoms with Gasteiger partial charge in [-0.2, -0.15) is 0 Å². The van der Waals surface area contributed by atoms with E-state index >= 15 is 0 Å². The Morgan fingerprint density at radius 2 is 1.82 bits per heavy atom. The van der Waals surface area contributed by atoms with Crippen molar-refractivity contribution >= 4 is 17.5 Å². The normalized spacial score (nSPS) is 16.2. The largest absolute Gasteiger partial charge is 0.486 e. The Bertz CT molecular complexity index is 927. The van der Waals surface area contributed by atoms with Crippen LogP contribution in [-0.2, 0) is 4.79 Å². The number of carbonyl (C=O) groups is 2. The van der Waals surface area contributed by atoms with Crippen molar-refractivity contribution in [1.29, 1.82) is 0 Å². The molecule has 1 aliphatic heterocycles. The fourth-order valence-corrected chi connectivity index (χ4v) is 3.36. The molecule has 1 atom stereocenters. The third-order valence-corrected chi connectivity index (χ3v) is 4.84. The second kappa shape index (κ2) is 7.50. The number of carbonyl (C=O) groups excluding carboxylic acids is 2. The summed E-state index contributed by atoms with van der Waals surface area (Å²) in [6.45, 7) is 2.35. The predicted octanol–water partition coefficient (Wildman–Crippen LogP) is 3.44. The Hall–Kier alpha value is -3.09. The van der Waals surface area contributed by atoms with Crippen molar-refractivity contribution in [3.05, 3.63) is 53.3 Å². The summed E-state index contributed by atoms with van der Waals surface area (Å²) in [5, 5.41) is 5.52. The van der Waals surface area contributed by atoms with Gasteiger partial charge in [0.2, 0.25) is 5.91 Å². The highest BCUT2D eigenvalue weighted by molar-refractivity contribution is 5.97. The van der Waals surface area contributed by atoms with Gasteiger partial charge in [0.1, 0.15) is 19.0 Å². The molecule has 1 heterocycles. The first kappa shape index (κ1) is 18.3. The van der Waals surface area contributed by atoms with Gasteiger partial charge in [-0.15, -0.1) is 0 Å². The SMILES string of the molecule is CC(=O)Nc1ccc(F)c(C(=O)NC(c2ccc3c(c2)OCCO3)C2CC2)c1. The number of ether oxygens (including phenoxy) is 2. The van der Waals surface area contributed by atoms with Gasteiger partial charge in [-0.1, -0.05) is 6.07 Å². The number of rotatable bonds is 5. The van der Waals surface area contributed by atoms with Gasteiger partial charge < -0.3 is 20.1 Å². The average Bonchev–Trinajstić information content (AvgIpc) is 3.52. The molecule has 2 amide bonds. The third kappa shape index (κ3) is 3.93. The lowest BCUT2D eigenvalue weighted by Crippen LogP contribution is -2.30. The zero-order valence-electron chi connectivity index (χ0n) is 15.5. The number of hydrogen-bond donors (Lipinski definition) is 2. The molecule has 0 bridgehead atoms. The van der Waals surface area contributed by atoms with Crippen LogP contribution in [0.2, 0.25) is 0 Å². The van der Waals surface area contributed by atoms with Gasteiger partial charge in [0.05, 0.1) is 11.6 Å². The van der Waals surface area contributed by atoms with E-state index in [1.165, 1.54) is 25.1 Å². The molecule has 1 saturated carbocycles. The van der Waals surface area contributed by atoms with Crippen LogP contribution in [0.1, 0.15) is 41.7 Å². The van der Waals surface area contributed by atoms with Crippen molar-refractivity contribution < 1.29 is 23.5 Å². The van der Waals surface area contributed by atoms with Crippen molar-refractivity contribution in [3.63, 3.8) is 0 Å². The summed E-state index contributed by atoms with van der Waals surface area (Å²) in [5.74, 6) is 0.199. The quantitative estimate of drug-likeness (QED) is 0.828. The number of hydrogen-bond acceptors (Lipinski definition) is 4. The van der Waals surface area contributed by atoms with E-state index in [1.807, 2.05) is 18.2 Å². The van der Waals surface area contributed by atoms with Gasteiger partial charge in [0, 0.05) is 12.6 Å². The summed E-state index contributed by atoms with van der Waals surface area (Å²) < 4.78 is 25.4. The van der Waals surface area contributed by atoms with Gasteiger partial charge in [0.15, 0.2) is 11.5 Å². The fourth-order valence-electron chi connectivity index (χ4n) is 3.36. The predicted molar refractivity (Wildman–Crippen MR) is 101 cm³/mol. The van der Waals surface area contributed by atoms with Crippen molar-refractivity contribution in [2.75, 3.05) is 18.5 Å². The maximum absolute atomic E-state index is 14.2. The zero-order valence-corrected chi connectivity index (χ0v) is 15.5. The van der Waals surface area contributed by atoms with Crippen LogP contribution >= 0.6 is 0 Å². The summed E-state index contributed by atoms with van der Waals surface area (Å²) in [7, 11) is 0. The lowest BCUT2D eigenvalue weighted by atomic mass is 10.0. The van der Waals surface area contributed by atoms with E-state index in [0.717, 1.165) is 18.4 Å². The first-order valence-electron chi connectivity index (χ1n) is 9.29. The summed E-state index contributed by atoms with van der Waals surface area (Å²) in [6.07, 6.45) is 1.99. The summed E-state index contributed by atoms with van der Waals surface area (Å²) in [4.78, 5) is 24.0. The number of fused-ring (bicyclic) bond motifs is 1.